The summed E-state index contributed by atoms with van der Waals surface area (Å²) in [5, 5.41) is 3.37. The van der Waals surface area contributed by atoms with Crippen molar-refractivity contribution in [1.82, 2.24) is 5.32 Å². The van der Waals surface area contributed by atoms with E-state index >= 15 is 0 Å². The van der Waals surface area contributed by atoms with Crippen LogP contribution < -0.4 is 5.32 Å². The van der Waals surface area contributed by atoms with Crippen LogP contribution in [0.1, 0.15) is 33.6 Å². The number of hydrogen-bond donors (Lipinski definition) is 1. The molecule has 0 saturated carbocycles. The molecule has 0 aliphatic carbocycles. The Labute approximate surface area is 104 Å². The second kappa shape index (κ2) is 4.52. The molecule has 2 fully saturated rings. The highest BCUT2D eigenvalue weighted by Gasteiger charge is 2.42. The molecule has 0 bridgehead atoms. The summed E-state index contributed by atoms with van der Waals surface area (Å²) >= 11 is 0. The first-order chi connectivity index (χ1) is 7.80. The second-order valence-electron chi connectivity index (χ2n) is 6.09. The molecule has 100 valence electrons. The Kier molecular flexibility index (Phi) is 3.54. The van der Waals surface area contributed by atoms with Crippen LogP contribution in [0.5, 0.6) is 0 Å². The normalized spacial score (nSPS) is 41.2. The maximum Gasteiger partial charge on any atom is 0.152 e. The maximum absolute atomic E-state index is 11.5. The van der Waals surface area contributed by atoms with Gasteiger partial charge in [0.25, 0.3) is 0 Å². The lowest BCUT2D eigenvalue weighted by Gasteiger charge is -2.46. The highest BCUT2D eigenvalue weighted by Crippen LogP contribution is 2.30. The first kappa shape index (κ1) is 13.3. The highest BCUT2D eigenvalue weighted by molar-refractivity contribution is 7.91. The van der Waals surface area contributed by atoms with Crippen molar-refractivity contribution < 1.29 is 13.2 Å². The molecule has 3 unspecified atom stereocenters. The molecule has 0 aromatic rings. The van der Waals surface area contributed by atoms with Crippen LogP contribution in [0.4, 0.5) is 0 Å². The maximum atomic E-state index is 11.5. The highest BCUT2D eigenvalue weighted by atomic mass is 32.2. The Morgan fingerprint density at radius 2 is 2.18 bits per heavy atom. The molecule has 2 aliphatic rings. The van der Waals surface area contributed by atoms with E-state index in [1.54, 1.807) is 0 Å². The van der Waals surface area contributed by atoms with Gasteiger partial charge < -0.3 is 10.1 Å². The third-order valence-electron chi connectivity index (χ3n) is 3.61. The molecule has 4 nitrogen and oxygen atoms in total. The van der Waals surface area contributed by atoms with Crippen molar-refractivity contribution in [2.24, 2.45) is 5.92 Å². The van der Waals surface area contributed by atoms with Gasteiger partial charge in [0.15, 0.2) is 9.84 Å². The Morgan fingerprint density at radius 3 is 2.82 bits per heavy atom. The number of fused-ring (bicyclic) bond motifs is 1. The van der Waals surface area contributed by atoms with Crippen LogP contribution in [0, 0.1) is 5.92 Å². The van der Waals surface area contributed by atoms with Gasteiger partial charge in [0.05, 0.1) is 23.2 Å². The van der Waals surface area contributed by atoms with Crippen LogP contribution in [0.25, 0.3) is 0 Å². The summed E-state index contributed by atoms with van der Waals surface area (Å²) < 4.78 is 29.3. The topological polar surface area (TPSA) is 55.4 Å². The third-order valence-corrected chi connectivity index (χ3v) is 5.33. The van der Waals surface area contributed by atoms with Gasteiger partial charge in [0, 0.05) is 12.6 Å². The quantitative estimate of drug-likeness (QED) is 0.804. The number of nitrogens with one attached hydrogen (secondary N) is 1. The first-order valence-electron chi connectivity index (χ1n) is 6.41. The van der Waals surface area contributed by atoms with Gasteiger partial charge in [-0.25, -0.2) is 8.42 Å². The van der Waals surface area contributed by atoms with Gasteiger partial charge in [-0.2, -0.15) is 0 Å². The van der Waals surface area contributed by atoms with Crippen LogP contribution in [-0.4, -0.2) is 44.2 Å². The number of sulfone groups is 1. The standard InChI is InChI=1S/C12H23NO3S/c1-9(2)6-12(3)8-13-10-7-17(14,15)5-4-11(10)16-12/h9-11,13H,4-8H2,1-3H3. The van der Waals surface area contributed by atoms with Crippen molar-refractivity contribution in [2.45, 2.75) is 51.4 Å². The number of hydrogen-bond acceptors (Lipinski definition) is 4. The van der Waals surface area contributed by atoms with Crippen LogP contribution in [-0.2, 0) is 14.6 Å². The third kappa shape index (κ3) is 3.20. The van der Waals surface area contributed by atoms with Gasteiger partial charge in [0.1, 0.15) is 0 Å². The molecule has 3 atom stereocenters. The summed E-state index contributed by atoms with van der Waals surface area (Å²) in [6.45, 7) is 7.25. The summed E-state index contributed by atoms with van der Waals surface area (Å²) in [7, 11) is -2.86. The van der Waals surface area contributed by atoms with Gasteiger partial charge in [0.2, 0.25) is 0 Å². The Balaban J connectivity index is 2.02. The van der Waals surface area contributed by atoms with Gasteiger partial charge in [-0.15, -0.1) is 0 Å². The largest absolute Gasteiger partial charge is 0.369 e. The Bertz CT molecular complexity index is 379. The van der Waals surface area contributed by atoms with Gasteiger partial charge >= 0.3 is 0 Å². The number of rotatable bonds is 2. The first-order valence-corrected chi connectivity index (χ1v) is 8.23. The van der Waals surface area contributed by atoms with Crippen molar-refractivity contribution in [3.8, 4) is 0 Å². The summed E-state index contributed by atoms with van der Waals surface area (Å²) in [4.78, 5) is 0. The monoisotopic (exact) mass is 261 g/mol. The van der Waals surface area contributed by atoms with E-state index in [1.807, 2.05) is 0 Å². The van der Waals surface area contributed by atoms with E-state index in [2.05, 4.69) is 26.1 Å². The minimum Gasteiger partial charge on any atom is -0.369 e. The molecular weight excluding hydrogens is 238 g/mol. The summed E-state index contributed by atoms with van der Waals surface area (Å²) in [6.07, 6.45) is 1.71. The fraction of sp³-hybridized carbons (Fsp3) is 1.00. The molecule has 0 amide bonds. The van der Waals surface area contributed by atoms with Crippen molar-refractivity contribution in [3.63, 3.8) is 0 Å². The molecule has 0 aromatic carbocycles. The zero-order valence-corrected chi connectivity index (χ0v) is 11.7. The Morgan fingerprint density at radius 1 is 1.47 bits per heavy atom. The molecule has 0 radical (unpaired) electrons. The number of ether oxygens (including phenoxy) is 1. The van der Waals surface area contributed by atoms with E-state index < -0.39 is 9.84 Å². The van der Waals surface area contributed by atoms with Gasteiger partial charge in [-0.05, 0) is 25.7 Å². The van der Waals surface area contributed by atoms with E-state index in [4.69, 9.17) is 4.74 Å². The van der Waals surface area contributed by atoms with Crippen molar-refractivity contribution in [1.29, 1.82) is 0 Å². The number of morpholine rings is 1. The van der Waals surface area contributed by atoms with Crippen molar-refractivity contribution in [2.75, 3.05) is 18.1 Å². The van der Waals surface area contributed by atoms with Gasteiger partial charge in [-0.1, -0.05) is 13.8 Å². The van der Waals surface area contributed by atoms with Crippen LogP contribution in [0.3, 0.4) is 0 Å². The van der Waals surface area contributed by atoms with E-state index in [0.29, 0.717) is 12.3 Å². The summed E-state index contributed by atoms with van der Waals surface area (Å²) in [5.74, 6) is 1.09. The van der Waals surface area contributed by atoms with E-state index in [9.17, 15) is 8.42 Å². The van der Waals surface area contributed by atoms with E-state index in [1.165, 1.54) is 0 Å². The van der Waals surface area contributed by atoms with Crippen molar-refractivity contribution in [3.05, 3.63) is 0 Å². The zero-order valence-electron chi connectivity index (χ0n) is 10.9. The lowest BCUT2D eigenvalue weighted by molar-refractivity contribution is -0.132. The van der Waals surface area contributed by atoms with Crippen LogP contribution in [0.15, 0.2) is 0 Å². The van der Waals surface area contributed by atoms with E-state index in [-0.39, 0.29) is 29.3 Å². The minimum absolute atomic E-state index is 0.00557. The SMILES string of the molecule is CC(C)CC1(C)CNC2CS(=O)(=O)CCC2O1. The van der Waals surface area contributed by atoms with Crippen LogP contribution >= 0.6 is 0 Å². The molecule has 5 heteroatoms. The lowest BCUT2D eigenvalue weighted by atomic mass is 9.90. The molecule has 0 spiro atoms. The Hall–Kier alpha value is -0.130. The minimum atomic E-state index is -2.86. The predicted octanol–water partition coefficient (Wildman–Crippen LogP) is 0.967. The fourth-order valence-electron chi connectivity index (χ4n) is 3.03. The molecule has 2 rings (SSSR count). The van der Waals surface area contributed by atoms with Crippen LogP contribution in [0.2, 0.25) is 0 Å². The summed E-state index contributed by atoms with van der Waals surface area (Å²) in [6, 6.07) is -0.00557. The molecule has 17 heavy (non-hydrogen) atoms. The second-order valence-corrected chi connectivity index (χ2v) is 8.32. The van der Waals surface area contributed by atoms with Gasteiger partial charge in [-0.3, -0.25) is 0 Å². The average Bonchev–Trinajstić information content (AvgIpc) is 2.16. The van der Waals surface area contributed by atoms with Crippen molar-refractivity contribution >= 4 is 9.84 Å². The lowest BCUT2D eigenvalue weighted by Crippen LogP contribution is -2.62. The fourth-order valence-corrected chi connectivity index (χ4v) is 4.67. The molecule has 1 N–H and O–H groups in total. The summed E-state index contributed by atoms with van der Waals surface area (Å²) in [5.41, 5.74) is -0.142. The van der Waals surface area contributed by atoms with E-state index in [0.717, 1.165) is 13.0 Å². The average molecular weight is 261 g/mol. The zero-order chi connectivity index (χ0) is 12.7. The molecule has 2 aliphatic heterocycles. The predicted molar refractivity (Wildman–Crippen MR) is 67.8 cm³/mol. The molecular formula is C12H23NO3S. The smallest absolute Gasteiger partial charge is 0.152 e. The molecule has 2 heterocycles. The molecule has 0 aromatic heterocycles. The molecule has 2 saturated heterocycles.